The number of H-pyrrole nitrogens is 1. The highest BCUT2D eigenvalue weighted by molar-refractivity contribution is 5.69. The molecule has 4 fully saturated rings. The van der Waals surface area contributed by atoms with E-state index in [1.165, 1.54) is 7.11 Å². The van der Waals surface area contributed by atoms with Crippen molar-refractivity contribution in [3.05, 3.63) is 29.7 Å². The van der Waals surface area contributed by atoms with Gasteiger partial charge in [0, 0.05) is 31.0 Å². The Kier molecular flexibility index (Phi) is 5.25. The van der Waals surface area contributed by atoms with Gasteiger partial charge in [-0.1, -0.05) is 0 Å². The van der Waals surface area contributed by atoms with Crippen LogP contribution in [0.5, 0.6) is 5.88 Å². The van der Waals surface area contributed by atoms with Gasteiger partial charge in [-0.2, -0.15) is 10.1 Å². The first-order chi connectivity index (χ1) is 16.9. The summed E-state index contributed by atoms with van der Waals surface area (Å²) in [7, 11) is 3.11. The second kappa shape index (κ2) is 8.34. The van der Waals surface area contributed by atoms with Crippen LogP contribution in [0.1, 0.15) is 36.8 Å². The number of carbonyl (C=O) groups is 1. The lowest BCUT2D eigenvalue weighted by Crippen LogP contribution is -2.68. The number of carbonyl (C=O) groups excluding carboxylic acids is 1. The Morgan fingerprint density at radius 2 is 2.14 bits per heavy atom. The van der Waals surface area contributed by atoms with Crippen LogP contribution in [-0.4, -0.2) is 69.3 Å². The molecule has 0 spiro atoms. The maximum Gasteiger partial charge on any atom is 0.408 e. The van der Waals surface area contributed by atoms with Gasteiger partial charge in [0.15, 0.2) is 18.1 Å². The second-order valence-electron chi connectivity index (χ2n) is 9.37. The van der Waals surface area contributed by atoms with E-state index >= 15 is 4.39 Å². The Morgan fingerprint density at radius 3 is 2.86 bits per heavy atom. The molecule has 7 rings (SSSR count). The first-order valence-electron chi connectivity index (χ1n) is 11.4. The lowest BCUT2D eigenvalue weighted by atomic mass is 9.50. The number of aromatic amines is 1. The van der Waals surface area contributed by atoms with Crippen molar-refractivity contribution in [2.24, 2.45) is 5.92 Å². The zero-order valence-electron chi connectivity index (χ0n) is 19.3. The third kappa shape index (κ3) is 3.93. The number of rotatable bonds is 8. The van der Waals surface area contributed by atoms with Gasteiger partial charge in [0.2, 0.25) is 11.8 Å². The maximum atomic E-state index is 15.1. The number of hydrogen-bond acceptors (Lipinski definition) is 9. The smallest absolute Gasteiger partial charge is 0.408 e. The zero-order chi connectivity index (χ0) is 24.2. The molecule has 0 unspecified atom stereocenters. The monoisotopic (exact) mass is 487 g/mol. The van der Waals surface area contributed by atoms with E-state index < -0.39 is 24.5 Å². The molecule has 12 nitrogen and oxygen atoms in total. The molecule has 3 aliphatic carbocycles. The Morgan fingerprint density at radius 1 is 1.31 bits per heavy atom. The minimum absolute atomic E-state index is 0.0357. The normalized spacial score (nSPS) is 28.9. The van der Waals surface area contributed by atoms with E-state index in [0.717, 1.165) is 30.9 Å². The van der Waals surface area contributed by atoms with Crippen LogP contribution in [-0.2, 0) is 20.8 Å². The van der Waals surface area contributed by atoms with Crippen molar-refractivity contribution < 1.29 is 28.1 Å². The summed E-state index contributed by atoms with van der Waals surface area (Å²) in [6, 6.07) is 3.33. The molecule has 3 N–H and O–H groups in total. The third-order valence-electron chi connectivity index (χ3n) is 6.87. The number of aromatic nitrogens is 5. The maximum absolute atomic E-state index is 15.1. The average molecular weight is 487 g/mol. The number of hydrogen-bond donors (Lipinski definition) is 3. The van der Waals surface area contributed by atoms with Crippen LogP contribution in [0.3, 0.4) is 0 Å². The largest absolute Gasteiger partial charge is 0.481 e. The molecule has 3 saturated carbocycles. The van der Waals surface area contributed by atoms with Crippen LogP contribution in [0.4, 0.5) is 21.0 Å². The number of nitrogens with zero attached hydrogens (tertiary/aromatic N) is 4. The number of anilines is 2. The SMILES string of the molecule is COCc1cn2c(Nc3cc([C@H]4OC[C@@H](OC(=O)NC56CC(C5)C6)[C@H]4F)[nH]n3)nc(OC)cc2n1. The van der Waals surface area contributed by atoms with Crippen molar-refractivity contribution in [1.82, 2.24) is 29.9 Å². The molecule has 1 aliphatic heterocycles. The summed E-state index contributed by atoms with van der Waals surface area (Å²) < 4.78 is 38.2. The Hall–Kier alpha value is -3.45. The number of imidazole rings is 1. The van der Waals surface area contributed by atoms with Crippen molar-refractivity contribution in [2.75, 3.05) is 26.1 Å². The molecule has 3 aromatic rings. The average Bonchev–Trinajstić information content (AvgIpc) is 3.49. The molecule has 35 heavy (non-hydrogen) atoms. The summed E-state index contributed by atoms with van der Waals surface area (Å²) in [6.07, 6.45) is 0.686. The first-order valence-corrected chi connectivity index (χ1v) is 11.4. The van der Waals surface area contributed by atoms with Crippen LogP contribution >= 0.6 is 0 Å². The number of fused-ring (bicyclic) bond motifs is 1. The Balaban J connectivity index is 1.14. The van der Waals surface area contributed by atoms with E-state index in [0.29, 0.717) is 35.6 Å². The van der Waals surface area contributed by atoms with Gasteiger partial charge in [0.1, 0.15) is 11.8 Å². The van der Waals surface area contributed by atoms with E-state index in [1.807, 2.05) is 0 Å². The molecule has 186 valence electrons. The summed E-state index contributed by atoms with van der Waals surface area (Å²) in [5.41, 5.74) is 1.62. The van der Waals surface area contributed by atoms with Gasteiger partial charge in [0.05, 0.1) is 31.7 Å². The van der Waals surface area contributed by atoms with Crippen molar-refractivity contribution >= 4 is 23.5 Å². The van der Waals surface area contributed by atoms with E-state index in [2.05, 4.69) is 30.8 Å². The minimum Gasteiger partial charge on any atom is -0.481 e. The molecule has 2 bridgehead atoms. The fourth-order valence-electron chi connectivity index (χ4n) is 5.04. The second-order valence-corrected chi connectivity index (χ2v) is 9.37. The number of alkyl halides is 1. The van der Waals surface area contributed by atoms with Gasteiger partial charge < -0.3 is 29.6 Å². The van der Waals surface area contributed by atoms with Gasteiger partial charge in [-0.15, -0.1) is 0 Å². The number of methoxy groups -OCH3 is 2. The highest BCUT2D eigenvalue weighted by Gasteiger charge is 2.58. The van der Waals surface area contributed by atoms with E-state index in [9.17, 15) is 4.79 Å². The Labute approximate surface area is 199 Å². The van der Waals surface area contributed by atoms with Crippen LogP contribution in [0.2, 0.25) is 0 Å². The standard InChI is InChI=1S/C22H26FN7O5/c1-32-9-12-8-30-16(24-12)4-17(33-2)26-20(30)25-15-3-13(28-29-15)19-18(23)14(10-34-19)35-21(31)27-22-5-11(6-22)7-22/h3-4,8,11,14,18-19H,5-7,9-10H2,1-2H3,(H,27,31)(H2,25,26,28,29)/t11?,14-,18-,19-,22?/m1/s1. The quantitative estimate of drug-likeness (QED) is 0.437. The minimum atomic E-state index is -1.53. The molecule has 3 atom stereocenters. The topological polar surface area (TPSA) is 137 Å². The molecule has 1 saturated heterocycles. The van der Waals surface area contributed by atoms with Crippen LogP contribution in [0, 0.1) is 5.92 Å². The number of halogens is 1. The predicted molar refractivity (Wildman–Crippen MR) is 119 cm³/mol. The van der Waals surface area contributed by atoms with E-state index in [4.69, 9.17) is 18.9 Å². The van der Waals surface area contributed by atoms with Gasteiger partial charge in [0.25, 0.3) is 0 Å². The van der Waals surface area contributed by atoms with Gasteiger partial charge >= 0.3 is 6.09 Å². The first kappa shape index (κ1) is 22.0. The molecule has 0 aromatic carbocycles. The fraction of sp³-hybridized carbons (Fsp3) is 0.545. The lowest BCUT2D eigenvalue weighted by molar-refractivity contribution is -0.0528. The van der Waals surface area contributed by atoms with Crippen LogP contribution in [0.15, 0.2) is 18.3 Å². The van der Waals surface area contributed by atoms with Crippen molar-refractivity contribution in [3.8, 4) is 5.88 Å². The molecule has 13 heteroatoms. The molecule has 4 aliphatic rings. The van der Waals surface area contributed by atoms with Crippen LogP contribution < -0.4 is 15.4 Å². The molecule has 3 aromatic heterocycles. The zero-order valence-corrected chi connectivity index (χ0v) is 19.3. The molecule has 4 heterocycles. The van der Waals surface area contributed by atoms with E-state index in [1.54, 1.807) is 29.8 Å². The highest BCUT2D eigenvalue weighted by Crippen LogP contribution is 2.57. The lowest BCUT2D eigenvalue weighted by Gasteiger charge is -2.61. The number of amides is 1. The number of alkyl carbamates (subject to hydrolysis) is 1. The van der Waals surface area contributed by atoms with E-state index in [-0.39, 0.29) is 12.1 Å². The number of ether oxygens (including phenoxy) is 4. The van der Waals surface area contributed by atoms with Gasteiger partial charge in [-0.3, -0.25) is 9.50 Å². The summed E-state index contributed by atoms with van der Waals surface area (Å²) in [5.74, 6) is 1.88. The van der Waals surface area contributed by atoms with Crippen molar-refractivity contribution in [1.29, 1.82) is 0 Å². The van der Waals surface area contributed by atoms with Gasteiger partial charge in [-0.25, -0.2) is 14.2 Å². The Bertz CT molecular complexity index is 1250. The summed E-state index contributed by atoms with van der Waals surface area (Å²) in [6.45, 7) is 0.307. The third-order valence-corrected chi connectivity index (χ3v) is 6.87. The molecular formula is C22H26FN7O5. The highest BCUT2D eigenvalue weighted by atomic mass is 19.1. The van der Waals surface area contributed by atoms with Crippen molar-refractivity contribution in [3.63, 3.8) is 0 Å². The number of nitrogens with one attached hydrogen (secondary N) is 3. The molecule has 1 amide bonds. The predicted octanol–water partition coefficient (Wildman–Crippen LogP) is 2.41. The summed E-state index contributed by atoms with van der Waals surface area (Å²) in [5, 5.41) is 13.0. The molecule has 0 radical (unpaired) electrons. The van der Waals surface area contributed by atoms with Crippen molar-refractivity contribution in [2.45, 2.75) is 49.8 Å². The van der Waals surface area contributed by atoms with Crippen LogP contribution in [0.25, 0.3) is 5.65 Å². The molecular weight excluding hydrogens is 461 g/mol. The summed E-state index contributed by atoms with van der Waals surface area (Å²) in [4.78, 5) is 21.1. The summed E-state index contributed by atoms with van der Waals surface area (Å²) >= 11 is 0. The fourth-order valence-corrected chi connectivity index (χ4v) is 5.04. The van der Waals surface area contributed by atoms with Gasteiger partial charge in [-0.05, 0) is 25.2 Å².